The molecule has 0 bridgehead atoms. The van der Waals surface area contributed by atoms with Gasteiger partial charge in [0.15, 0.2) is 5.81 Å². The second-order valence-corrected chi connectivity index (χ2v) is 5.08. The lowest BCUT2D eigenvalue weighted by atomic mass is 9.97. The number of aliphatic hydroxyl groups is 1. The summed E-state index contributed by atoms with van der Waals surface area (Å²) in [4.78, 5) is 13.1. The SMILES string of the molecule is [B]C(=O)N1C(CC)C(CC(O)CC)OC1(C)C. The molecule has 0 aromatic heterocycles. The van der Waals surface area contributed by atoms with Crippen molar-refractivity contribution < 1.29 is 14.6 Å². The van der Waals surface area contributed by atoms with Crippen LogP contribution < -0.4 is 0 Å². The molecule has 0 saturated carbocycles. The molecule has 1 rings (SSSR count). The molecule has 1 N–H and O–H groups in total. The maximum atomic E-state index is 11.5. The average Bonchev–Trinajstić information content (AvgIpc) is 2.48. The predicted octanol–water partition coefficient (Wildman–Crippen LogP) is 1.65. The van der Waals surface area contributed by atoms with E-state index in [1.54, 1.807) is 4.90 Å². The van der Waals surface area contributed by atoms with Crippen LogP contribution in [0.1, 0.15) is 47.0 Å². The van der Waals surface area contributed by atoms with E-state index in [4.69, 9.17) is 12.6 Å². The molecule has 2 radical (unpaired) electrons. The lowest BCUT2D eigenvalue weighted by molar-refractivity contribution is -0.0682. The van der Waals surface area contributed by atoms with Gasteiger partial charge >= 0.3 is 0 Å². The average molecular weight is 239 g/mol. The van der Waals surface area contributed by atoms with Gasteiger partial charge in [0, 0.05) is 6.42 Å². The fourth-order valence-electron chi connectivity index (χ4n) is 2.59. The first-order chi connectivity index (χ1) is 7.83. The van der Waals surface area contributed by atoms with E-state index >= 15 is 0 Å². The third-order valence-electron chi connectivity index (χ3n) is 3.41. The highest BCUT2D eigenvalue weighted by molar-refractivity contribution is 6.57. The molecule has 0 aliphatic carbocycles. The topological polar surface area (TPSA) is 49.8 Å². The Bertz CT molecular complexity index is 283. The van der Waals surface area contributed by atoms with Gasteiger partial charge in [-0.05, 0) is 26.7 Å². The highest BCUT2D eigenvalue weighted by atomic mass is 16.5. The Morgan fingerprint density at radius 2 is 2.12 bits per heavy atom. The van der Waals surface area contributed by atoms with Crippen molar-refractivity contribution >= 4 is 13.7 Å². The number of ether oxygens (including phenoxy) is 1. The zero-order valence-corrected chi connectivity index (χ0v) is 11.1. The second kappa shape index (κ2) is 5.40. The number of amides is 1. The summed E-state index contributed by atoms with van der Waals surface area (Å²) in [5.41, 5.74) is -0.690. The Kier molecular flexibility index (Phi) is 4.61. The highest BCUT2D eigenvalue weighted by Gasteiger charge is 2.47. The van der Waals surface area contributed by atoms with Crippen molar-refractivity contribution in [2.24, 2.45) is 0 Å². The lowest BCUT2D eigenvalue weighted by Crippen LogP contribution is -2.47. The van der Waals surface area contributed by atoms with Gasteiger partial charge in [-0.2, -0.15) is 0 Å². The van der Waals surface area contributed by atoms with Crippen LogP contribution in [0.4, 0.5) is 4.79 Å². The molecular formula is C12H22BNO3. The number of hydrogen-bond donors (Lipinski definition) is 1. The summed E-state index contributed by atoms with van der Waals surface area (Å²) in [6, 6.07) is -0.0521. The molecule has 4 nitrogen and oxygen atoms in total. The maximum absolute atomic E-state index is 11.5. The standard InChI is InChI=1S/C12H22BNO3/c1-5-8(15)7-10-9(6-2)14(11(13)16)12(3,4)17-10/h8-10,15H,5-7H2,1-4H3. The molecular weight excluding hydrogens is 217 g/mol. The van der Waals surface area contributed by atoms with Crippen LogP contribution >= 0.6 is 0 Å². The first-order valence-electron chi connectivity index (χ1n) is 6.28. The van der Waals surface area contributed by atoms with Crippen LogP contribution in [0.3, 0.4) is 0 Å². The van der Waals surface area contributed by atoms with Gasteiger partial charge in [0.05, 0.1) is 18.2 Å². The molecule has 0 aromatic rings. The normalized spacial score (nSPS) is 29.4. The molecule has 1 heterocycles. The van der Waals surface area contributed by atoms with Gasteiger partial charge in [-0.3, -0.25) is 4.79 Å². The molecule has 17 heavy (non-hydrogen) atoms. The van der Waals surface area contributed by atoms with Crippen LogP contribution in [0.25, 0.3) is 0 Å². The van der Waals surface area contributed by atoms with Gasteiger partial charge in [-0.15, -0.1) is 0 Å². The van der Waals surface area contributed by atoms with Crippen LogP contribution in [0, 0.1) is 0 Å². The molecule has 1 aliphatic rings. The molecule has 0 spiro atoms. The second-order valence-electron chi connectivity index (χ2n) is 5.08. The lowest BCUT2D eigenvalue weighted by Gasteiger charge is -2.33. The third kappa shape index (κ3) is 3.02. The molecule has 1 saturated heterocycles. The van der Waals surface area contributed by atoms with Gasteiger partial charge in [0.1, 0.15) is 5.72 Å². The fraction of sp³-hybridized carbons (Fsp3) is 0.917. The Morgan fingerprint density at radius 3 is 2.53 bits per heavy atom. The third-order valence-corrected chi connectivity index (χ3v) is 3.41. The molecule has 1 amide bonds. The molecule has 1 fully saturated rings. The molecule has 5 heteroatoms. The quantitative estimate of drug-likeness (QED) is 0.759. The first kappa shape index (κ1) is 14.5. The van der Waals surface area contributed by atoms with Crippen LogP contribution in [0.2, 0.25) is 0 Å². The van der Waals surface area contributed by atoms with Crippen LogP contribution in [0.5, 0.6) is 0 Å². The highest BCUT2D eigenvalue weighted by Crippen LogP contribution is 2.35. The van der Waals surface area contributed by atoms with Crippen molar-refractivity contribution in [1.82, 2.24) is 4.90 Å². The Hall–Kier alpha value is -0.545. The van der Waals surface area contributed by atoms with E-state index in [1.165, 1.54) is 0 Å². The predicted molar refractivity (Wildman–Crippen MR) is 66.9 cm³/mol. The van der Waals surface area contributed by atoms with Crippen molar-refractivity contribution in [3.05, 3.63) is 0 Å². The Labute approximate surface area is 105 Å². The smallest absolute Gasteiger partial charge is 0.200 e. The largest absolute Gasteiger partial charge is 0.393 e. The zero-order chi connectivity index (χ0) is 13.2. The van der Waals surface area contributed by atoms with E-state index in [0.29, 0.717) is 12.8 Å². The van der Waals surface area contributed by atoms with E-state index in [2.05, 4.69) is 0 Å². The van der Waals surface area contributed by atoms with Crippen molar-refractivity contribution in [3.63, 3.8) is 0 Å². The summed E-state index contributed by atoms with van der Waals surface area (Å²) >= 11 is 0. The van der Waals surface area contributed by atoms with Crippen LogP contribution in [-0.4, -0.2) is 47.6 Å². The van der Waals surface area contributed by atoms with Crippen LogP contribution in [-0.2, 0) is 4.74 Å². The Balaban J connectivity index is 2.85. The zero-order valence-electron chi connectivity index (χ0n) is 11.1. The minimum Gasteiger partial charge on any atom is -0.393 e. The fourth-order valence-corrected chi connectivity index (χ4v) is 2.59. The molecule has 1 aliphatic heterocycles. The van der Waals surface area contributed by atoms with Crippen molar-refractivity contribution in [3.8, 4) is 0 Å². The number of carbonyl (C=O) groups excluding carboxylic acids is 1. The molecule has 3 unspecified atom stereocenters. The summed E-state index contributed by atoms with van der Waals surface area (Å²) in [5, 5.41) is 9.71. The monoisotopic (exact) mass is 239 g/mol. The molecule has 0 aromatic carbocycles. The van der Waals surface area contributed by atoms with Gasteiger partial charge < -0.3 is 14.7 Å². The van der Waals surface area contributed by atoms with Gasteiger partial charge in [0.2, 0.25) is 7.85 Å². The van der Waals surface area contributed by atoms with E-state index in [-0.39, 0.29) is 12.1 Å². The summed E-state index contributed by atoms with van der Waals surface area (Å²) in [5.74, 6) is -0.463. The Morgan fingerprint density at radius 1 is 1.53 bits per heavy atom. The summed E-state index contributed by atoms with van der Waals surface area (Å²) in [6.07, 6.45) is 1.47. The molecule has 96 valence electrons. The summed E-state index contributed by atoms with van der Waals surface area (Å²) < 4.78 is 5.86. The number of rotatable bonds is 4. The summed E-state index contributed by atoms with van der Waals surface area (Å²) in [6.45, 7) is 7.59. The van der Waals surface area contributed by atoms with E-state index in [9.17, 15) is 9.90 Å². The van der Waals surface area contributed by atoms with Gasteiger partial charge in [-0.25, -0.2) is 0 Å². The van der Waals surface area contributed by atoms with Crippen molar-refractivity contribution in [2.45, 2.75) is 70.9 Å². The maximum Gasteiger partial charge on any atom is 0.200 e. The van der Waals surface area contributed by atoms with Crippen molar-refractivity contribution in [2.75, 3.05) is 0 Å². The number of carbonyl (C=O) groups is 1. The first-order valence-corrected chi connectivity index (χ1v) is 6.28. The van der Waals surface area contributed by atoms with Gasteiger partial charge in [-0.1, -0.05) is 13.8 Å². The van der Waals surface area contributed by atoms with Crippen molar-refractivity contribution in [1.29, 1.82) is 0 Å². The van der Waals surface area contributed by atoms with Crippen LogP contribution in [0.15, 0.2) is 0 Å². The minimum absolute atomic E-state index is 0.0521. The number of nitrogens with zero attached hydrogens (tertiary/aromatic N) is 1. The minimum atomic E-state index is -0.690. The van der Waals surface area contributed by atoms with E-state index < -0.39 is 17.6 Å². The molecule has 3 atom stereocenters. The number of hydrogen-bond acceptors (Lipinski definition) is 3. The van der Waals surface area contributed by atoms with Gasteiger partial charge in [0.25, 0.3) is 0 Å². The summed E-state index contributed by atoms with van der Waals surface area (Å²) in [7, 11) is 5.41. The van der Waals surface area contributed by atoms with E-state index in [1.807, 2.05) is 27.7 Å². The van der Waals surface area contributed by atoms with E-state index in [0.717, 1.165) is 6.42 Å². The number of aliphatic hydroxyl groups excluding tert-OH is 1.